The summed E-state index contributed by atoms with van der Waals surface area (Å²) in [5.41, 5.74) is 1.71. The first-order valence-electron chi connectivity index (χ1n) is 12.6. The van der Waals surface area contributed by atoms with Gasteiger partial charge >= 0.3 is 0 Å². The van der Waals surface area contributed by atoms with Crippen molar-refractivity contribution in [2.24, 2.45) is 0 Å². The van der Waals surface area contributed by atoms with Crippen LogP contribution in [0.1, 0.15) is 44.7 Å². The summed E-state index contributed by atoms with van der Waals surface area (Å²) in [6, 6.07) is 15.4. The van der Waals surface area contributed by atoms with Crippen LogP contribution in [0.2, 0.25) is 0 Å². The third-order valence-corrected chi connectivity index (χ3v) is 7.19. The average Bonchev–Trinajstić information content (AvgIpc) is 3.31. The zero-order chi connectivity index (χ0) is 26.7. The van der Waals surface area contributed by atoms with Crippen molar-refractivity contribution in [3.8, 4) is 0 Å². The van der Waals surface area contributed by atoms with Gasteiger partial charge in [0.2, 0.25) is 5.91 Å². The molecule has 2 aliphatic rings. The standard InChI is InChI=1S/C29H29FN4O4/c1-20-4-6-22(7-5-20)27(36)33-15-12-29(13-16-33)34(28(37)23-8-10-24(30)11-9-23)25(19-38-29)26(35)32-18-21-3-2-14-31-17-21/h2-11,14,17,25H,12-13,15-16,18-19H2,1H3,(H,32,35)/t25-/m1/s1. The van der Waals surface area contributed by atoms with Crippen molar-refractivity contribution in [2.45, 2.75) is 38.1 Å². The van der Waals surface area contributed by atoms with Crippen LogP contribution in [-0.2, 0) is 16.1 Å². The molecule has 9 heteroatoms. The Kier molecular flexibility index (Phi) is 7.20. The Morgan fingerprint density at radius 3 is 2.32 bits per heavy atom. The minimum absolute atomic E-state index is 0.0255. The first kappa shape index (κ1) is 25.5. The maximum Gasteiger partial charge on any atom is 0.256 e. The van der Waals surface area contributed by atoms with Crippen molar-refractivity contribution in [2.75, 3.05) is 19.7 Å². The lowest BCUT2D eigenvalue weighted by Gasteiger charge is -2.44. The third kappa shape index (κ3) is 5.15. The number of likely N-dealkylation sites (tertiary alicyclic amines) is 1. The van der Waals surface area contributed by atoms with Gasteiger partial charge in [-0.15, -0.1) is 0 Å². The SMILES string of the molecule is Cc1ccc(C(=O)N2CCC3(CC2)OC[C@H](C(=O)NCc2cccnc2)N3C(=O)c2ccc(F)cc2)cc1. The number of aryl methyl sites for hydroxylation is 1. The minimum Gasteiger partial charge on any atom is -0.353 e. The number of piperidine rings is 1. The Bertz CT molecular complexity index is 1310. The van der Waals surface area contributed by atoms with E-state index in [4.69, 9.17) is 4.74 Å². The summed E-state index contributed by atoms with van der Waals surface area (Å²) >= 11 is 0. The molecule has 0 saturated carbocycles. The number of hydrogen-bond acceptors (Lipinski definition) is 5. The van der Waals surface area contributed by atoms with E-state index in [1.807, 2.05) is 25.1 Å². The first-order chi connectivity index (χ1) is 18.4. The molecule has 1 N–H and O–H groups in total. The summed E-state index contributed by atoms with van der Waals surface area (Å²) in [7, 11) is 0. The van der Waals surface area contributed by atoms with Crippen LogP contribution in [0, 0.1) is 12.7 Å². The number of halogens is 1. The second-order valence-corrected chi connectivity index (χ2v) is 9.69. The van der Waals surface area contributed by atoms with Gasteiger partial charge in [0.1, 0.15) is 17.6 Å². The van der Waals surface area contributed by atoms with Crippen molar-refractivity contribution in [3.63, 3.8) is 0 Å². The van der Waals surface area contributed by atoms with Crippen molar-refractivity contribution in [3.05, 3.63) is 101 Å². The second kappa shape index (κ2) is 10.7. The van der Waals surface area contributed by atoms with Gasteiger partial charge in [-0.2, -0.15) is 0 Å². The molecule has 3 amide bonds. The minimum atomic E-state index is -1.05. The van der Waals surface area contributed by atoms with E-state index in [2.05, 4.69) is 10.3 Å². The lowest BCUT2D eigenvalue weighted by molar-refractivity contribution is -0.128. The molecule has 2 aromatic carbocycles. The molecule has 3 heterocycles. The number of benzene rings is 2. The fraction of sp³-hybridized carbons (Fsp3) is 0.310. The molecule has 3 aromatic rings. The van der Waals surface area contributed by atoms with Crippen LogP contribution in [0.25, 0.3) is 0 Å². The Balaban J connectivity index is 1.36. The van der Waals surface area contributed by atoms with Crippen LogP contribution >= 0.6 is 0 Å². The molecule has 2 saturated heterocycles. The van der Waals surface area contributed by atoms with Gasteiger partial charge in [0.15, 0.2) is 0 Å². The molecule has 2 aliphatic heterocycles. The summed E-state index contributed by atoms with van der Waals surface area (Å²) < 4.78 is 19.8. The van der Waals surface area contributed by atoms with E-state index in [0.717, 1.165) is 11.1 Å². The van der Waals surface area contributed by atoms with Gasteiger partial charge in [-0.25, -0.2) is 4.39 Å². The Labute approximate surface area is 220 Å². The monoisotopic (exact) mass is 516 g/mol. The molecule has 1 spiro atoms. The highest BCUT2D eigenvalue weighted by Gasteiger charge is 2.54. The van der Waals surface area contributed by atoms with E-state index >= 15 is 0 Å². The van der Waals surface area contributed by atoms with Crippen molar-refractivity contribution >= 4 is 17.7 Å². The molecule has 1 atom stereocenters. The molecule has 38 heavy (non-hydrogen) atoms. The van der Waals surface area contributed by atoms with Crippen LogP contribution in [0.15, 0.2) is 73.1 Å². The molecule has 5 rings (SSSR count). The number of ether oxygens (including phenoxy) is 1. The van der Waals surface area contributed by atoms with Crippen LogP contribution in [0.3, 0.4) is 0 Å². The van der Waals surface area contributed by atoms with Crippen LogP contribution in [-0.4, -0.2) is 64.0 Å². The molecule has 0 unspecified atom stereocenters. The number of rotatable bonds is 5. The van der Waals surface area contributed by atoms with Gasteiger partial charge in [0.25, 0.3) is 11.8 Å². The molecule has 0 bridgehead atoms. The van der Waals surface area contributed by atoms with Gasteiger partial charge in [-0.3, -0.25) is 24.3 Å². The number of hydrogen-bond donors (Lipinski definition) is 1. The van der Waals surface area contributed by atoms with E-state index in [1.165, 1.54) is 29.2 Å². The largest absolute Gasteiger partial charge is 0.353 e. The van der Waals surface area contributed by atoms with Crippen LogP contribution in [0.5, 0.6) is 0 Å². The zero-order valence-electron chi connectivity index (χ0n) is 21.1. The highest BCUT2D eigenvalue weighted by atomic mass is 19.1. The summed E-state index contributed by atoms with van der Waals surface area (Å²) in [5.74, 6) is -1.30. The number of nitrogens with one attached hydrogen (secondary N) is 1. The molecular formula is C29H29FN4O4. The van der Waals surface area contributed by atoms with E-state index < -0.39 is 23.5 Å². The lowest BCUT2D eigenvalue weighted by atomic mass is 9.96. The predicted octanol–water partition coefficient (Wildman–Crippen LogP) is 3.32. The molecule has 0 aliphatic carbocycles. The number of carbonyl (C=O) groups excluding carboxylic acids is 3. The number of carbonyl (C=O) groups is 3. The van der Waals surface area contributed by atoms with Crippen molar-refractivity contribution < 1.29 is 23.5 Å². The molecule has 2 fully saturated rings. The lowest BCUT2D eigenvalue weighted by Crippen LogP contribution is -2.59. The Morgan fingerprint density at radius 2 is 1.66 bits per heavy atom. The molecule has 1 aromatic heterocycles. The van der Waals surface area contributed by atoms with E-state index in [-0.39, 0.29) is 30.5 Å². The normalized spacial score (nSPS) is 18.4. The highest BCUT2D eigenvalue weighted by Crippen LogP contribution is 2.39. The van der Waals surface area contributed by atoms with Crippen molar-refractivity contribution in [1.29, 1.82) is 0 Å². The third-order valence-electron chi connectivity index (χ3n) is 7.19. The maximum absolute atomic E-state index is 13.7. The van der Waals surface area contributed by atoms with Gasteiger partial charge in [-0.1, -0.05) is 23.8 Å². The van der Waals surface area contributed by atoms with Gasteiger partial charge in [-0.05, 0) is 55.0 Å². The fourth-order valence-electron chi connectivity index (χ4n) is 5.05. The van der Waals surface area contributed by atoms with Crippen LogP contribution < -0.4 is 5.32 Å². The fourth-order valence-corrected chi connectivity index (χ4v) is 5.05. The topological polar surface area (TPSA) is 91.8 Å². The number of amides is 3. The quantitative estimate of drug-likeness (QED) is 0.562. The highest BCUT2D eigenvalue weighted by molar-refractivity contribution is 5.98. The predicted molar refractivity (Wildman–Crippen MR) is 137 cm³/mol. The van der Waals surface area contributed by atoms with E-state index in [1.54, 1.807) is 35.5 Å². The number of aromatic nitrogens is 1. The smallest absolute Gasteiger partial charge is 0.256 e. The molecule has 0 radical (unpaired) electrons. The molecular weight excluding hydrogens is 487 g/mol. The Hall–Kier alpha value is -4.11. The van der Waals surface area contributed by atoms with Gasteiger partial charge in [0, 0.05) is 56.0 Å². The number of nitrogens with zero attached hydrogens (tertiary/aromatic N) is 3. The number of pyridine rings is 1. The maximum atomic E-state index is 13.7. The summed E-state index contributed by atoms with van der Waals surface area (Å²) in [4.78, 5) is 47.4. The molecule has 8 nitrogen and oxygen atoms in total. The first-order valence-corrected chi connectivity index (χ1v) is 12.6. The van der Waals surface area contributed by atoms with E-state index in [0.29, 0.717) is 31.5 Å². The Morgan fingerprint density at radius 1 is 1.00 bits per heavy atom. The van der Waals surface area contributed by atoms with Gasteiger partial charge in [0.05, 0.1) is 6.61 Å². The summed E-state index contributed by atoms with van der Waals surface area (Å²) in [6.45, 7) is 2.98. The average molecular weight is 517 g/mol. The van der Waals surface area contributed by atoms with Gasteiger partial charge < -0.3 is 15.0 Å². The molecule has 196 valence electrons. The van der Waals surface area contributed by atoms with E-state index in [9.17, 15) is 18.8 Å². The summed E-state index contributed by atoms with van der Waals surface area (Å²) in [5, 5.41) is 2.88. The second-order valence-electron chi connectivity index (χ2n) is 9.69. The van der Waals surface area contributed by atoms with Crippen molar-refractivity contribution in [1.82, 2.24) is 20.1 Å². The zero-order valence-corrected chi connectivity index (χ0v) is 21.1. The van der Waals surface area contributed by atoms with Crippen LogP contribution in [0.4, 0.5) is 4.39 Å². The summed E-state index contributed by atoms with van der Waals surface area (Å²) in [6.07, 6.45) is 4.02.